The Morgan fingerprint density at radius 2 is 2.03 bits per heavy atom. The van der Waals surface area contributed by atoms with Gasteiger partial charge in [0.25, 0.3) is 11.6 Å². The molecule has 5 rings (SSSR count). The van der Waals surface area contributed by atoms with E-state index in [0.717, 1.165) is 18.5 Å². The van der Waals surface area contributed by atoms with Crippen LogP contribution in [0.3, 0.4) is 0 Å². The smallest absolute Gasteiger partial charge is 0.271 e. The number of nitro groups is 1. The SMILES string of the molecule is Cc1nn([C@@H]2CCS(=O)(=O)C2)c2nc(C3CC3)cc(C(=O)Nc3cccc([N+](=O)[O-])c3)c12. The molecule has 2 aliphatic rings. The standard InChI is InChI=1S/C21H21N5O5S/c1-12-19-17(21(27)22-14-3-2-4-15(9-14)26(28)29)10-18(13-5-6-13)23-20(19)25(24-12)16-7-8-32(30,31)11-16/h2-4,9-10,13,16H,5-8,11H2,1H3,(H,22,27)/t16-/m1/s1. The van der Waals surface area contributed by atoms with Gasteiger partial charge in [0.15, 0.2) is 15.5 Å². The predicted octanol–water partition coefficient (Wildman–Crippen LogP) is 3.14. The molecule has 1 N–H and O–H groups in total. The topological polar surface area (TPSA) is 137 Å². The van der Waals surface area contributed by atoms with E-state index >= 15 is 0 Å². The van der Waals surface area contributed by atoms with Crippen molar-refractivity contribution in [3.8, 4) is 0 Å². The van der Waals surface area contributed by atoms with Gasteiger partial charge < -0.3 is 5.32 Å². The van der Waals surface area contributed by atoms with Crippen molar-refractivity contribution in [3.63, 3.8) is 0 Å². The molecular weight excluding hydrogens is 434 g/mol. The Morgan fingerprint density at radius 1 is 1.25 bits per heavy atom. The molecule has 166 valence electrons. The Hall–Kier alpha value is -3.34. The summed E-state index contributed by atoms with van der Waals surface area (Å²) in [5.74, 6) is -0.0323. The van der Waals surface area contributed by atoms with Crippen molar-refractivity contribution in [2.24, 2.45) is 0 Å². The van der Waals surface area contributed by atoms with E-state index in [4.69, 9.17) is 4.98 Å². The molecule has 1 saturated heterocycles. The molecule has 2 fully saturated rings. The fourth-order valence-electron chi connectivity index (χ4n) is 4.22. The molecule has 1 aliphatic carbocycles. The molecule has 32 heavy (non-hydrogen) atoms. The number of rotatable bonds is 5. The van der Waals surface area contributed by atoms with E-state index in [1.807, 2.05) is 0 Å². The number of fused-ring (bicyclic) bond motifs is 1. The first-order valence-corrected chi connectivity index (χ1v) is 12.2. The molecule has 1 aromatic carbocycles. The Bertz CT molecular complexity index is 1380. The number of hydrogen-bond acceptors (Lipinski definition) is 7. The van der Waals surface area contributed by atoms with Crippen molar-refractivity contribution in [2.75, 3.05) is 16.8 Å². The van der Waals surface area contributed by atoms with Gasteiger partial charge in [0, 0.05) is 29.4 Å². The van der Waals surface area contributed by atoms with Gasteiger partial charge >= 0.3 is 0 Å². The van der Waals surface area contributed by atoms with Gasteiger partial charge in [-0.3, -0.25) is 14.9 Å². The number of carbonyl (C=O) groups is 1. The minimum atomic E-state index is -3.12. The fourth-order valence-corrected chi connectivity index (χ4v) is 5.91. The second kappa shape index (κ2) is 7.37. The third-order valence-corrected chi connectivity index (χ3v) is 7.72. The zero-order valence-corrected chi connectivity index (χ0v) is 18.1. The Balaban J connectivity index is 1.59. The first-order valence-electron chi connectivity index (χ1n) is 10.4. The van der Waals surface area contributed by atoms with Crippen LogP contribution in [0.15, 0.2) is 30.3 Å². The molecular formula is C21H21N5O5S. The first-order chi connectivity index (χ1) is 15.2. The summed E-state index contributed by atoms with van der Waals surface area (Å²) in [5, 5.41) is 18.9. The van der Waals surface area contributed by atoms with Gasteiger partial charge in [-0.05, 0) is 38.3 Å². The molecule has 0 radical (unpaired) electrons. The van der Waals surface area contributed by atoms with Gasteiger partial charge in [0.2, 0.25) is 0 Å². The highest BCUT2D eigenvalue weighted by atomic mass is 32.2. The summed E-state index contributed by atoms with van der Waals surface area (Å²) in [6.45, 7) is 1.77. The Labute approximate surface area is 183 Å². The summed E-state index contributed by atoms with van der Waals surface area (Å²) >= 11 is 0. The number of nitrogens with one attached hydrogen (secondary N) is 1. The maximum Gasteiger partial charge on any atom is 0.271 e. The number of nitro benzene ring substituents is 1. The Morgan fingerprint density at radius 3 is 2.69 bits per heavy atom. The largest absolute Gasteiger partial charge is 0.322 e. The first kappa shape index (κ1) is 20.6. The number of aromatic nitrogens is 3. The normalized spacial score (nSPS) is 19.8. The van der Waals surface area contributed by atoms with E-state index in [-0.39, 0.29) is 29.2 Å². The third kappa shape index (κ3) is 3.72. The maximum atomic E-state index is 13.2. The molecule has 3 aromatic rings. The Kier molecular flexibility index (Phi) is 4.73. The highest BCUT2D eigenvalue weighted by molar-refractivity contribution is 7.91. The van der Waals surface area contributed by atoms with Crippen LogP contribution in [0.1, 0.15) is 53.0 Å². The van der Waals surface area contributed by atoms with Crippen LogP contribution in [0.25, 0.3) is 11.0 Å². The van der Waals surface area contributed by atoms with Gasteiger partial charge in [-0.25, -0.2) is 18.1 Å². The van der Waals surface area contributed by atoms with E-state index < -0.39 is 20.7 Å². The molecule has 0 unspecified atom stereocenters. The van der Waals surface area contributed by atoms with Crippen LogP contribution in [-0.2, 0) is 9.84 Å². The lowest BCUT2D eigenvalue weighted by molar-refractivity contribution is -0.384. The van der Waals surface area contributed by atoms with Gasteiger partial charge in [-0.1, -0.05) is 6.07 Å². The fraction of sp³-hybridized carbons (Fsp3) is 0.381. The summed E-state index contributed by atoms with van der Waals surface area (Å²) in [7, 11) is -3.12. The molecule has 1 amide bonds. The monoisotopic (exact) mass is 455 g/mol. The third-order valence-electron chi connectivity index (χ3n) is 5.97. The molecule has 0 bridgehead atoms. The van der Waals surface area contributed by atoms with Crippen molar-refractivity contribution < 1.29 is 18.1 Å². The highest BCUT2D eigenvalue weighted by Crippen LogP contribution is 2.41. The molecule has 10 nitrogen and oxygen atoms in total. The van der Waals surface area contributed by atoms with Crippen LogP contribution in [0, 0.1) is 17.0 Å². The second-order valence-electron chi connectivity index (χ2n) is 8.42. The van der Waals surface area contributed by atoms with Gasteiger partial charge in [0.05, 0.1) is 39.1 Å². The van der Waals surface area contributed by atoms with Crippen LogP contribution >= 0.6 is 0 Å². The molecule has 1 atom stereocenters. The maximum absolute atomic E-state index is 13.2. The van der Waals surface area contributed by atoms with Crippen molar-refractivity contribution in [2.45, 2.75) is 38.1 Å². The van der Waals surface area contributed by atoms with Crippen molar-refractivity contribution in [3.05, 3.63) is 57.4 Å². The second-order valence-corrected chi connectivity index (χ2v) is 10.6. The van der Waals surface area contributed by atoms with Gasteiger partial charge in [0.1, 0.15) is 0 Å². The number of nitrogens with zero attached hydrogens (tertiary/aromatic N) is 4. The number of anilines is 1. The number of hydrogen-bond donors (Lipinski definition) is 1. The van der Waals surface area contributed by atoms with Gasteiger partial charge in [-0.15, -0.1) is 0 Å². The van der Waals surface area contributed by atoms with Crippen LogP contribution in [-0.4, -0.2) is 45.5 Å². The number of benzene rings is 1. The van der Waals surface area contributed by atoms with Crippen LogP contribution < -0.4 is 5.32 Å². The van der Waals surface area contributed by atoms with Crippen LogP contribution in [0.2, 0.25) is 0 Å². The average Bonchev–Trinajstić information content (AvgIpc) is 3.46. The molecule has 3 heterocycles. The van der Waals surface area contributed by atoms with E-state index in [2.05, 4.69) is 10.4 Å². The molecule has 1 aliphatic heterocycles. The number of aryl methyl sites for hydroxylation is 1. The summed E-state index contributed by atoms with van der Waals surface area (Å²) in [6.07, 6.45) is 2.42. The quantitative estimate of drug-likeness (QED) is 0.461. The van der Waals surface area contributed by atoms with E-state index in [0.29, 0.717) is 34.4 Å². The summed E-state index contributed by atoms with van der Waals surface area (Å²) in [6, 6.07) is 7.20. The molecule has 0 spiro atoms. The van der Waals surface area contributed by atoms with Crippen LogP contribution in [0.4, 0.5) is 11.4 Å². The minimum Gasteiger partial charge on any atom is -0.322 e. The number of amides is 1. The van der Waals surface area contributed by atoms with Crippen molar-refractivity contribution in [1.82, 2.24) is 14.8 Å². The number of sulfone groups is 1. The summed E-state index contributed by atoms with van der Waals surface area (Å²) in [4.78, 5) is 28.6. The average molecular weight is 455 g/mol. The number of carbonyl (C=O) groups excluding carboxylic acids is 1. The molecule has 11 heteroatoms. The van der Waals surface area contributed by atoms with Crippen molar-refractivity contribution in [1.29, 1.82) is 0 Å². The van der Waals surface area contributed by atoms with Crippen LogP contribution in [0.5, 0.6) is 0 Å². The molecule has 2 aromatic heterocycles. The lowest BCUT2D eigenvalue weighted by Crippen LogP contribution is -2.15. The zero-order chi connectivity index (χ0) is 22.6. The highest BCUT2D eigenvalue weighted by Gasteiger charge is 2.34. The van der Waals surface area contributed by atoms with E-state index in [9.17, 15) is 23.3 Å². The van der Waals surface area contributed by atoms with Crippen molar-refractivity contribution >= 4 is 38.2 Å². The van der Waals surface area contributed by atoms with Gasteiger partial charge in [-0.2, -0.15) is 5.10 Å². The lowest BCUT2D eigenvalue weighted by atomic mass is 10.1. The summed E-state index contributed by atoms with van der Waals surface area (Å²) in [5.41, 5.74) is 2.46. The van der Waals surface area contributed by atoms with E-state index in [1.54, 1.807) is 23.7 Å². The number of pyridine rings is 1. The zero-order valence-electron chi connectivity index (χ0n) is 17.3. The molecule has 1 saturated carbocycles. The van der Waals surface area contributed by atoms with E-state index in [1.165, 1.54) is 18.2 Å². The predicted molar refractivity (Wildman–Crippen MR) is 118 cm³/mol. The minimum absolute atomic E-state index is 0.00771. The summed E-state index contributed by atoms with van der Waals surface area (Å²) < 4.78 is 25.7. The lowest BCUT2D eigenvalue weighted by Gasteiger charge is -2.12. The number of non-ortho nitro benzene ring substituents is 1.